The van der Waals surface area contributed by atoms with E-state index in [0.29, 0.717) is 18.2 Å². The Morgan fingerprint density at radius 3 is 3.06 bits per heavy atom. The molecule has 3 atom stereocenters. The third-order valence-electron chi connectivity index (χ3n) is 4.09. The second-order valence-electron chi connectivity index (χ2n) is 5.18. The lowest BCUT2D eigenvalue weighted by atomic mass is 9.93. The summed E-state index contributed by atoms with van der Waals surface area (Å²) >= 11 is 0. The first kappa shape index (κ1) is 13.6. The number of methoxy groups -OCH3 is 1. The second kappa shape index (κ2) is 6.34. The molecule has 18 heavy (non-hydrogen) atoms. The van der Waals surface area contributed by atoms with Crippen molar-refractivity contribution in [2.75, 3.05) is 14.2 Å². The van der Waals surface area contributed by atoms with E-state index in [9.17, 15) is 0 Å². The number of aromatic nitrogens is 2. The Hall–Kier alpha value is -0.870. The maximum Gasteiger partial charge on any atom is 0.0591 e. The fourth-order valence-corrected chi connectivity index (χ4v) is 2.91. The first-order valence-corrected chi connectivity index (χ1v) is 7.02. The smallest absolute Gasteiger partial charge is 0.0591 e. The zero-order valence-corrected chi connectivity index (χ0v) is 11.7. The summed E-state index contributed by atoms with van der Waals surface area (Å²) in [5, 5.41) is 7.87. The molecule has 0 amide bonds. The van der Waals surface area contributed by atoms with E-state index in [-0.39, 0.29) is 0 Å². The fraction of sp³-hybridized carbons (Fsp3) is 0.786. The van der Waals surface area contributed by atoms with Crippen molar-refractivity contribution in [3.63, 3.8) is 0 Å². The summed E-state index contributed by atoms with van der Waals surface area (Å²) in [6, 6.07) is 0.923. The first-order chi connectivity index (χ1) is 8.78. The summed E-state index contributed by atoms with van der Waals surface area (Å²) in [4.78, 5) is 0. The van der Waals surface area contributed by atoms with Crippen LogP contribution in [0.25, 0.3) is 0 Å². The average Bonchev–Trinajstić information content (AvgIpc) is 2.90. The van der Waals surface area contributed by atoms with Crippen molar-refractivity contribution in [2.24, 2.45) is 0 Å². The minimum atomic E-state index is 0.405. The van der Waals surface area contributed by atoms with E-state index in [2.05, 4.69) is 28.2 Å². The van der Waals surface area contributed by atoms with Crippen molar-refractivity contribution < 1.29 is 4.74 Å². The molecule has 1 saturated carbocycles. The van der Waals surface area contributed by atoms with E-state index >= 15 is 0 Å². The molecule has 1 heterocycles. The molecule has 1 N–H and O–H groups in total. The molecule has 1 aromatic heterocycles. The monoisotopic (exact) mass is 251 g/mol. The van der Waals surface area contributed by atoms with Gasteiger partial charge in [-0.15, -0.1) is 0 Å². The Morgan fingerprint density at radius 1 is 1.56 bits per heavy atom. The molecule has 1 aliphatic rings. The number of nitrogens with zero attached hydrogens (tertiary/aromatic N) is 2. The zero-order chi connectivity index (χ0) is 13.0. The van der Waals surface area contributed by atoms with Crippen molar-refractivity contribution in [2.45, 2.75) is 57.2 Å². The normalized spacial score (nSPS) is 26.2. The van der Waals surface area contributed by atoms with Crippen LogP contribution in [0.15, 0.2) is 12.4 Å². The van der Waals surface area contributed by atoms with Crippen molar-refractivity contribution in [1.29, 1.82) is 0 Å². The van der Waals surface area contributed by atoms with Crippen LogP contribution in [0.3, 0.4) is 0 Å². The van der Waals surface area contributed by atoms with Gasteiger partial charge in [-0.3, -0.25) is 4.68 Å². The number of nitrogens with one attached hydrogen (secondary N) is 1. The van der Waals surface area contributed by atoms with Crippen molar-refractivity contribution in [3.05, 3.63) is 18.0 Å². The molecule has 4 nitrogen and oxygen atoms in total. The molecule has 1 fully saturated rings. The minimum Gasteiger partial charge on any atom is -0.381 e. The van der Waals surface area contributed by atoms with E-state index in [1.165, 1.54) is 24.8 Å². The third kappa shape index (κ3) is 2.93. The molecule has 0 aliphatic heterocycles. The lowest BCUT2D eigenvalue weighted by Gasteiger charge is -2.28. The Kier molecular flexibility index (Phi) is 4.78. The minimum absolute atomic E-state index is 0.405. The molecule has 3 unspecified atom stereocenters. The van der Waals surface area contributed by atoms with Crippen LogP contribution in [-0.2, 0) is 4.74 Å². The quantitative estimate of drug-likeness (QED) is 0.874. The topological polar surface area (TPSA) is 39.1 Å². The van der Waals surface area contributed by atoms with Gasteiger partial charge in [0, 0.05) is 24.9 Å². The third-order valence-corrected chi connectivity index (χ3v) is 4.09. The molecule has 0 radical (unpaired) electrons. The highest BCUT2D eigenvalue weighted by atomic mass is 16.5. The molecule has 0 saturated heterocycles. The second-order valence-corrected chi connectivity index (χ2v) is 5.18. The van der Waals surface area contributed by atoms with Crippen LogP contribution in [0.5, 0.6) is 0 Å². The first-order valence-electron chi connectivity index (χ1n) is 7.02. The van der Waals surface area contributed by atoms with Crippen molar-refractivity contribution >= 4 is 0 Å². The molecule has 1 aliphatic carbocycles. The Labute approximate surface area is 110 Å². The summed E-state index contributed by atoms with van der Waals surface area (Å²) in [7, 11) is 3.82. The average molecular weight is 251 g/mol. The lowest BCUT2D eigenvalue weighted by Crippen LogP contribution is -2.24. The van der Waals surface area contributed by atoms with E-state index in [1.807, 2.05) is 20.4 Å². The van der Waals surface area contributed by atoms with Crippen LogP contribution in [0.2, 0.25) is 0 Å². The van der Waals surface area contributed by atoms with Gasteiger partial charge < -0.3 is 10.1 Å². The van der Waals surface area contributed by atoms with Crippen LogP contribution in [0.4, 0.5) is 0 Å². The standard InChI is InChI=1S/C14H25N3O/c1-4-14(15-2)11-9-16-17(10-11)12-6-5-7-13(8-12)18-3/h9-10,12-15H,4-8H2,1-3H3. The molecule has 4 heteroatoms. The lowest BCUT2D eigenvalue weighted by molar-refractivity contribution is 0.0508. The highest BCUT2D eigenvalue weighted by molar-refractivity contribution is 5.10. The predicted molar refractivity (Wildman–Crippen MR) is 72.6 cm³/mol. The van der Waals surface area contributed by atoms with Gasteiger partial charge in [-0.25, -0.2) is 0 Å². The van der Waals surface area contributed by atoms with Crippen LogP contribution < -0.4 is 5.32 Å². The molecule has 1 aromatic rings. The fourth-order valence-electron chi connectivity index (χ4n) is 2.91. The molecule has 0 aromatic carbocycles. The molecular weight excluding hydrogens is 226 g/mol. The Morgan fingerprint density at radius 2 is 2.39 bits per heavy atom. The predicted octanol–water partition coefficient (Wildman–Crippen LogP) is 2.68. The maximum atomic E-state index is 5.49. The molecule has 0 spiro atoms. The number of ether oxygens (including phenoxy) is 1. The maximum absolute atomic E-state index is 5.49. The summed E-state index contributed by atoms with van der Waals surface area (Å²) in [6.45, 7) is 2.19. The summed E-state index contributed by atoms with van der Waals surface area (Å²) < 4.78 is 7.63. The van der Waals surface area contributed by atoms with Crippen LogP contribution >= 0.6 is 0 Å². The van der Waals surface area contributed by atoms with E-state index in [4.69, 9.17) is 4.74 Å². The molecule has 102 valence electrons. The van der Waals surface area contributed by atoms with Crippen molar-refractivity contribution in [1.82, 2.24) is 15.1 Å². The van der Waals surface area contributed by atoms with Crippen LogP contribution in [-0.4, -0.2) is 30.0 Å². The Bertz CT molecular complexity index is 360. The van der Waals surface area contributed by atoms with Gasteiger partial charge >= 0.3 is 0 Å². The molecule has 0 bridgehead atoms. The van der Waals surface area contributed by atoms with E-state index < -0.39 is 0 Å². The zero-order valence-electron chi connectivity index (χ0n) is 11.7. The molecular formula is C14H25N3O. The summed E-state index contributed by atoms with van der Waals surface area (Å²) in [5.41, 5.74) is 1.29. The molecule has 2 rings (SSSR count). The summed E-state index contributed by atoms with van der Waals surface area (Å²) in [6.07, 6.45) is 10.4. The SMILES string of the molecule is CCC(NC)c1cnn(C2CCCC(OC)C2)c1. The number of hydrogen-bond donors (Lipinski definition) is 1. The van der Waals surface area contributed by atoms with Gasteiger partial charge in [-0.05, 0) is 39.2 Å². The van der Waals surface area contributed by atoms with Gasteiger partial charge in [-0.2, -0.15) is 5.10 Å². The summed E-state index contributed by atoms with van der Waals surface area (Å²) in [5.74, 6) is 0. The van der Waals surface area contributed by atoms with Gasteiger partial charge in [0.15, 0.2) is 0 Å². The van der Waals surface area contributed by atoms with Crippen molar-refractivity contribution in [3.8, 4) is 0 Å². The Balaban J connectivity index is 2.05. The number of rotatable bonds is 5. The van der Waals surface area contributed by atoms with Gasteiger partial charge in [0.25, 0.3) is 0 Å². The van der Waals surface area contributed by atoms with Crippen LogP contribution in [0.1, 0.15) is 56.7 Å². The largest absolute Gasteiger partial charge is 0.381 e. The highest BCUT2D eigenvalue weighted by Crippen LogP contribution is 2.30. The highest BCUT2D eigenvalue weighted by Gasteiger charge is 2.24. The van der Waals surface area contributed by atoms with Gasteiger partial charge in [-0.1, -0.05) is 6.92 Å². The van der Waals surface area contributed by atoms with E-state index in [0.717, 1.165) is 12.8 Å². The van der Waals surface area contributed by atoms with Gasteiger partial charge in [0.2, 0.25) is 0 Å². The van der Waals surface area contributed by atoms with E-state index in [1.54, 1.807) is 0 Å². The van der Waals surface area contributed by atoms with Gasteiger partial charge in [0.05, 0.1) is 18.3 Å². The van der Waals surface area contributed by atoms with Crippen LogP contribution in [0, 0.1) is 0 Å². The van der Waals surface area contributed by atoms with Gasteiger partial charge in [0.1, 0.15) is 0 Å². The number of hydrogen-bond acceptors (Lipinski definition) is 3.